The Bertz CT molecular complexity index is 838. The van der Waals surface area contributed by atoms with E-state index in [2.05, 4.69) is 32.7 Å². The van der Waals surface area contributed by atoms with Crippen LogP contribution in [-0.4, -0.2) is 22.4 Å². The number of nitrogens with zero attached hydrogens (tertiary/aromatic N) is 2. The first-order valence-electron chi connectivity index (χ1n) is 7.87. The fourth-order valence-corrected chi connectivity index (χ4v) is 2.27. The fraction of sp³-hybridized carbons (Fsp3) is 0.105. The van der Waals surface area contributed by atoms with Crippen molar-refractivity contribution in [1.29, 1.82) is 0 Å². The fourth-order valence-electron chi connectivity index (χ4n) is 2.27. The highest BCUT2D eigenvalue weighted by Crippen LogP contribution is 2.11. The van der Waals surface area contributed by atoms with Gasteiger partial charge in [-0.1, -0.05) is 36.4 Å². The lowest BCUT2D eigenvalue weighted by Crippen LogP contribution is -2.14. The minimum atomic E-state index is -0.410. The summed E-state index contributed by atoms with van der Waals surface area (Å²) in [5.74, 6) is -0.341. The van der Waals surface area contributed by atoms with Crippen LogP contribution < -0.4 is 10.6 Å². The Kier molecular flexibility index (Phi) is 5.31. The van der Waals surface area contributed by atoms with E-state index in [4.69, 9.17) is 0 Å². The maximum absolute atomic E-state index is 13.1. The number of hydrogen-bond donors (Lipinski definition) is 2. The van der Waals surface area contributed by atoms with E-state index < -0.39 is 5.82 Å². The van der Waals surface area contributed by atoms with Crippen molar-refractivity contribution in [2.75, 3.05) is 17.2 Å². The normalized spacial score (nSPS) is 10.3. The third-order valence-corrected chi connectivity index (χ3v) is 3.54. The minimum Gasteiger partial charge on any atom is -0.354 e. The number of nitrogens with one attached hydrogen (secondary N) is 2. The molecule has 0 aliphatic rings. The highest BCUT2D eigenvalue weighted by molar-refractivity contribution is 6.03. The molecule has 0 radical (unpaired) electrons. The molecule has 0 saturated carbocycles. The Morgan fingerprint density at radius 3 is 2.48 bits per heavy atom. The van der Waals surface area contributed by atoms with Gasteiger partial charge in [-0.15, -0.1) is 0 Å². The monoisotopic (exact) mass is 336 g/mol. The van der Waals surface area contributed by atoms with Crippen molar-refractivity contribution in [3.63, 3.8) is 0 Å². The van der Waals surface area contributed by atoms with Crippen molar-refractivity contribution in [2.24, 2.45) is 0 Å². The van der Waals surface area contributed by atoms with Crippen LogP contribution in [0.25, 0.3) is 0 Å². The van der Waals surface area contributed by atoms with Gasteiger partial charge in [0.25, 0.3) is 5.91 Å². The third-order valence-electron chi connectivity index (χ3n) is 3.54. The van der Waals surface area contributed by atoms with E-state index in [1.54, 1.807) is 6.07 Å². The van der Waals surface area contributed by atoms with E-state index >= 15 is 0 Å². The number of carbonyl (C=O) groups is 1. The van der Waals surface area contributed by atoms with Gasteiger partial charge in [0, 0.05) is 24.6 Å². The van der Waals surface area contributed by atoms with Crippen LogP contribution >= 0.6 is 0 Å². The van der Waals surface area contributed by atoms with Crippen LogP contribution in [0.15, 0.2) is 67.0 Å². The largest absolute Gasteiger partial charge is 0.354 e. The molecule has 0 aliphatic heterocycles. The lowest BCUT2D eigenvalue weighted by Gasteiger charge is -2.07. The standard InChI is InChI=1S/C19H17FN4O/c20-16-7-4-8-17(11-16)24-18(25)15-12-22-19(23-13-15)21-10-9-14-5-2-1-3-6-14/h1-8,11-13H,9-10H2,(H,24,25)(H,21,22,23). The summed E-state index contributed by atoms with van der Waals surface area (Å²) in [6.45, 7) is 0.693. The van der Waals surface area contributed by atoms with Gasteiger partial charge in [0.15, 0.2) is 0 Å². The summed E-state index contributed by atoms with van der Waals surface area (Å²) < 4.78 is 13.1. The van der Waals surface area contributed by atoms with Crippen LogP contribution in [0.2, 0.25) is 0 Å². The second kappa shape index (κ2) is 8.01. The molecule has 2 N–H and O–H groups in total. The average molecular weight is 336 g/mol. The molecule has 3 rings (SSSR count). The van der Waals surface area contributed by atoms with Crippen LogP contribution in [0, 0.1) is 5.82 Å². The van der Waals surface area contributed by atoms with Gasteiger partial charge in [-0.25, -0.2) is 14.4 Å². The van der Waals surface area contributed by atoms with Gasteiger partial charge in [0.2, 0.25) is 5.95 Å². The van der Waals surface area contributed by atoms with Gasteiger partial charge in [0.05, 0.1) is 5.56 Å². The van der Waals surface area contributed by atoms with Crippen molar-refractivity contribution in [1.82, 2.24) is 9.97 Å². The van der Waals surface area contributed by atoms with Crippen LogP contribution in [0.3, 0.4) is 0 Å². The van der Waals surface area contributed by atoms with Gasteiger partial charge in [-0.3, -0.25) is 4.79 Å². The number of halogens is 1. The Morgan fingerprint density at radius 2 is 1.76 bits per heavy atom. The molecule has 0 saturated heterocycles. The summed E-state index contributed by atoms with van der Waals surface area (Å²) in [4.78, 5) is 20.4. The third kappa shape index (κ3) is 4.84. The van der Waals surface area contributed by atoms with E-state index in [0.29, 0.717) is 23.7 Å². The number of carbonyl (C=O) groups excluding carboxylic acids is 1. The molecule has 0 unspecified atom stereocenters. The number of aromatic nitrogens is 2. The SMILES string of the molecule is O=C(Nc1cccc(F)c1)c1cnc(NCCc2ccccc2)nc1. The van der Waals surface area contributed by atoms with Crippen LogP contribution in [0.5, 0.6) is 0 Å². The van der Waals surface area contributed by atoms with Crippen molar-refractivity contribution < 1.29 is 9.18 Å². The van der Waals surface area contributed by atoms with E-state index in [-0.39, 0.29) is 5.91 Å². The van der Waals surface area contributed by atoms with Crippen molar-refractivity contribution >= 4 is 17.5 Å². The minimum absolute atomic E-state index is 0.304. The molecule has 0 bridgehead atoms. The molecule has 0 spiro atoms. The second-order valence-electron chi connectivity index (χ2n) is 5.42. The van der Waals surface area contributed by atoms with E-state index in [1.165, 1.54) is 36.2 Å². The lowest BCUT2D eigenvalue weighted by molar-refractivity contribution is 0.102. The predicted molar refractivity (Wildman–Crippen MR) is 95.0 cm³/mol. The summed E-state index contributed by atoms with van der Waals surface area (Å²) in [6.07, 6.45) is 3.73. The van der Waals surface area contributed by atoms with Gasteiger partial charge in [0.1, 0.15) is 5.82 Å². The van der Waals surface area contributed by atoms with E-state index in [9.17, 15) is 9.18 Å². The Balaban J connectivity index is 1.53. The lowest BCUT2D eigenvalue weighted by atomic mass is 10.1. The van der Waals surface area contributed by atoms with Crippen molar-refractivity contribution in [3.8, 4) is 0 Å². The van der Waals surface area contributed by atoms with Crippen molar-refractivity contribution in [2.45, 2.75) is 6.42 Å². The Hall–Kier alpha value is -3.28. The molecule has 0 aliphatic carbocycles. The second-order valence-corrected chi connectivity index (χ2v) is 5.42. The molecular weight excluding hydrogens is 319 g/mol. The maximum Gasteiger partial charge on any atom is 0.258 e. The molecule has 6 heteroatoms. The first-order valence-corrected chi connectivity index (χ1v) is 7.87. The molecule has 3 aromatic rings. The first-order chi connectivity index (χ1) is 12.2. The molecule has 0 atom stereocenters. The van der Waals surface area contributed by atoms with Crippen LogP contribution in [0.1, 0.15) is 15.9 Å². The Morgan fingerprint density at radius 1 is 1.00 bits per heavy atom. The summed E-state index contributed by atoms with van der Waals surface area (Å²) in [5, 5.41) is 5.72. The molecular formula is C19H17FN4O. The average Bonchev–Trinajstić information content (AvgIpc) is 2.63. The van der Waals surface area contributed by atoms with Gasteiger partial charge < -0.3 is 10.6 Å². The summed E-state index contributed by atoms with van der Waals surface area (Å²) in [7, 11) is 0. The van der Waals surface area contributed by atoms with Crippen LogP contribution in [0.4, 0.5) is 16.0 Å². The Labute approximate surface area is 145 Å². The van der Waals surface area contributed by atoms with Gasteiger partial charge in [-0.2, -0.15) is 0 Å². The van der Waals surface area contributed by atoms with Gasteiger partial charge >= 0.3 is 0 Å². The molecule has 1 heterocycles. The number of rotatable bonds is 6. The summed E-state index contributed by atoms with van der Waals surface area (Å²) in [6, 6.07) is 15.8. The van der Waals surface area contributed by atoms with Crippen LogP contribution in [-0.2, 0) is 6.42 Å². The molecule has 126 valence electrons. The van der Waals surface area contributed by atoms with Gasteiger partial charge in [-0.05, 0) is 30.2 Å². The first kappa shape index (κ1) is 16.6. The number of anilines is 2. The van der Waals surface area contributed by atoms with E-state index in [1.807, 2.05) is 18.2 Å². The molecule has 5 nitrogen and oxygen atoms in total. The predicted octanol–water partition coefficient (Wildman–Crippen LogP) is 3.52. The van der Waals surface area contributed by atoms with E-state index in [0.717, 1.165) is 6.42 Å². The number of amides is 1. The molecule has 25 heavy (non-hydrogen) atoms. The zero-order chi connectivity index (χ0) is 17.5. The summed E-state index contributed by atoms with van der Waals surface area (Å²) in [5.41, 5.74) is 1.91. The molecule has 2 aromatic carbocycles. The highest BCUT2D eigenvalue weighted by atomic mass is 19.1. The zero-order valence-corrected chi connectivity index (χ0v) is 13.4. The molecule has 1 amide bonds. The quantitative estimate of drug-likeness (QED) is 0.723. The number of benzene rings is 2. The molecule has 1 aromatic heterocycles. The number of hydrogen-bond acceptors (Lipinski definition) is 4. The smallest absolute Gasteiger partial charge is 0.258 e. The molecule has 0 fully saturated rings. The topological polar surface area (TPSA) is 66.9 Å². The maximum atomic E-state index is 13.1. The summed E-state index contributed by atoms with van der Waals surface area (Å²) >= 11 is 0. The highest BCUT2D eigenvalue weighted by Gasteiger charge is 2.08. The van der Waals surface area contributed by atoms with Crippen molar-refractivity contribution in [3.05, 3.63) is 83.9 Å². The zero-order valence-electron chi connectivity index (χ0n) is 13.4.